The topological polar surface area (TPSA) is 423 Å². The van der Waals surface area contributed by atoms with Crippen molar-refractivity contribution in [3.05, 3.63) is 164 Å². The summed E-state index contributed by atoms with van der Waals surface area (Å²) in [6.07, 6.45) is 4.64. The van der Waals surface area contributed by atoms with Crippen LogP contribution in [0.15, 0.2) is 109 Å². The number of hydrogen-bond acceptors (Lipinski definition) is 20. The van der Waals surface area contributed by atoms with E-state index in [4.69, 9.17) is 42.1 Å². The first kappa shape index (κ1) is 75.0. The van der Waals surface area contributed by atoms with Gasteiger partial charge < -0.3 is 103 Å². The van der Waals surface area contributed by atoms with Crippen LogP contribution < -0.4 is 62.1 Å². The van der Waals surface area contributed by atoms with Gasteiger partial charge in [0.2, 0.25) is 47.1 Å². The average Bonchev–Trinajstić information content (AvgIpc) is 0.756. The fraction of sp³-hybridized carbons (Fsp3) is 0.333. The van der Waals surface area contributed by atoms with E-state index >= 15 is 24.0 Å². The minimum Gasteiger partial charge on any atom is -0.508 e. The summed E-state index contributed by atoms with van der Waals surface area (Å²) in [6, 6.07) is 7.75. The first-order valence-corrected chi connectivity index (χ1v) is 34.8. The summed E-state index contributed by atoms with van der Waals surface area (Å²) in [6.45, 7) is 7.19. The number of likely N-dealkylation sites (N-methyl/N-ethyl adjacent to an activating group) is 1. The first-order valence-electron chi connectivity index (χ1n) is 34.0. The predicted octanol–water partition coefficient (Wildman–Crippen LogP) is 9.44. The predicted molar refractivity (Wildman–Crippen MR) is 381 cm³/mol. The van der Waals surface area contributed by atoms with Crippen molar-refractivity contribution in [2.45, 2.75) is 146 Å². The van der Waals surface area contributed by atoms with Crippen molar-refractivity contribution in [2.24, 2.45) is 0 Å². The molecule has 7 aromatic rings. The monoisotopic (exact) mass is 1480 g/mol. The van der Waals surface area contributed by atoms with Crippen LogP contribution in [0.3, 0.4) is 0 Å². The van der Waals surface area contributed by atoms with Crippen LogP contribution in [0.1, 0.15) is 160 Å². The van der Waals surface area contributed by atoms with Gasteiger partial charge in [-0.2, -0.15) is 0 Å². The molecule has 13 rings (SSSR count). The highest BCUT2D eigenvalue weighted by Crippen LogP contribution is 2.49. The standard InChI is InChI=1S/C75H79Cl2N9O19/c1-6-7-8-9-10-11-12-13-22-79-34-45-51(90)33-44-57(65(45)92)43-27-36(15-18-49(43)88)58-70(97)85-63(73(100)84-62(44)68(95)78-5)64(91)38-17-21-53(47(77)28-38)104-56-31-40-30-55(66(56)93)103-52-20-14-35(23-46(52)76)24-48-67(94)81-60(71(98)83-61(40)72(99)82-58)39-25-41(87)32-42(26-39)102-54-29-37(16-19-50(54)89)59(69(96)80-48)86-74(101)105-75(2,3)4/h14-21,23,25-33,48,58-64,79,87-93H,6-13,22,24,34H2,1-5H3,(H,78,95)(H,80,96)(H,81,94)(H,82,99)(H,83,98)(H,84,100)(H,85,97)(H,86,101)/t48-,58-,59-,60-,61-,62-,63-,64?/m0/s1. The lowest BCUT2D eigenvalue weighted by Gasteiger charge is -2.32. The van der Waals surface area contributed by atoms with E-state index < -0.39 is 154 Å². The molecule has 0 saturated carbocycles. The third kappa shape index (κ3) is 17.1. The zero-order chi connectivity index (χ0) is 75.3. The molecule has 1 unspecified atom stereocenters. The molecule has 6 aliphatic heterocycles. The maximum absolute atomic E-state index is 16.1. The second-order valence-electron chi connectivity index (χ2n) is 26.9. The van der Waals surface area contributed by atoms with Crippen LogP contribution in [0, 0.1) is 0 Å². The molecule has 28 nitrogen and oxygen atoms in total. The second kappa shape index (κ2) is 31.8. The molecule has 6 heterocycles. The van der Waals surface area contributed by atoms with Gasteiger partial charge in [0.05, 0.1) is 15.6 Å². The number of benzene rings is 7. The zero-order valence-electron chi connectivity index (χ0n) is 57.6. The van der Waals surface area contributed by atoms with Crippen molar-refractivity contribution in [1.29, 1.82) is 0 Å². The Bertz CT molecular complexity index is 4590. The molecule has 8 atom stereocenters. The van der Waals surface area contributed by atoms with E-state index in [1.807, 2.05) is 0 Å². The molecule has 0 spiro atoms. The molecule has 0 radical (unpaired) electrons. The van der Waals surface area contributed by atoms with Crippen molar-refractivity contribution < 1.29 is 93.0 Å². The molecule has 0 fully saturated rings. The maximum Gasteiger partial charge on any atom is 0.408 e. The number of alkyl carbamates (subject to hydrolysis) is 1. The molecule has 7 aromatic carbocycles. The van der Waals surface area contributed by atoms with E-state index in [1.165, 1.54) is 73.8 Å². The number of halogens is 2. The summed E-state index contributed by atoms with van der Waals surface area (Å²) in [5.74, 6) is -14.0. The Balaban J connectivity index is 1.09. The highest BCUT2D eigenvalue weighted by Gasteiger charge is 2.42. The Labute approximate surface area is 612 Å². The minimum atomic E-state index is -2.20. The van der Waals surface area contributed by atoms with Crippen molar-refractivity contribution in [3.8, 4) is 80.1 Å². The molecule has 552 valence electrons. The third-order valence-corrected chi connectivity index (χ3v) is 18.7. The van der Waals surface area contributed by atoms with Crippen LogP contribution in [0.4, 0.5) is 4.79 Å². The lowest BCUT2D eigenvalue weighted by atomic mass is 9.87. The minimum absolute atomic E-state index is 0.00150. The van der Waals surface area contributed by atoms with Gasteiger partial charge in [-0.3, -0.25) is 33.6 Å². The number of fused-ring (bicyclic) bond motifs is 14. The fourth-order valence-corrected chi connectivity index (χ4v) is 13.2. The van der Waals surface area contributed by atoms with Gasteiger partial charge in [-0.25, -0.2) is 4.79 Å². The number of phenolic OH excluding ortho intramolecular Hbond substituents is 6. The summed E-state index contributed by atoms with van der Waals surface area (Å²) >= 11 is 14.0. The van der Waals surface area contributed by atoms with Crippen LogP contribution in [0.2, 0.25) is 10.0 Å². The Morgan fingerprint density at radius 1 is 0.552 bits per heavy atom. The van der Waals surface area contributed by atoms with E-state index in [2.05, 4.69) is 54.8 Å². The number of rotatable bonds is 13. The largest absolute Gasteiger partial charge is 0.508 e. The number of aliphatic hydroxyl groups excluding tert-OH is 1. The Morgan fingerprint density at radius 2 is 1.14 bits per heavy atom. The van der Waals surface area contributed by atoms with Gasteiger partial charge in [0.15, 0.2) is 23.0 Å². The number of aliphatic hydroxyl groups is 1. The molecule has 16 N–H and O–H groups in total. The van der Waals surface area contributed by atoms with Crippen molar-refractivity contribution in [3.63, 3.8) is 0 Å². The number of aromatic hydroxyl groups is 6. The number of carbonyl (C=O) groups is 8. The van der Waals surface area contributed by atoms with Gasteiger partial charge >= 0.3 is 6.09 Å². The number of carbonyl (C=O) groups excluding carboxylic acids is 8. The summed E-state index contributed by atoms with van der Waals surface area (Å²) in [5.41, 5.74) is -2.87. The number of hydrogen-bond donors (Lipinski definition) is 16. The fourth-order valence-electron chi connectivity index (χ4n) is 12.8. The molecule has 0 saturated heterocycles. The Morgan fingerprint density at radius 3 is 1.80 bits per heavy atom. The molecule has 8 amide bonds. The molecule has 0 aromatic heterocycles. The van der Waals surface area contributed by atoms with Crippen molar-refractivity contribution in [2.75, 3.05) is 13.6 Å². The van der Waals surface area contributed by atoms with Gasteiger partial charge in [-0.15, -0.1) is 0 Å². The number of nitrogens with one attached hydrogen (secondary N) is 9. The maximum atomic E-state index is 16.1. The van der Waals surface area contributed by atoms with Crippen LogP contribution in [0.25, 0.3) is 11.1 Å². The van der Waals surface area contributed by atoms with Gasteiger partial charge in [-0.05, 0) is 152 Å². The van der Waals surface area contributed by atoms with Gasteiger partial charge in [0.1, 0.15) is 94.2 Å². The molecular formula is C75H79Cl2N9O19. The lowest BCUT2D eigenvalue weighted by molar-refractivity contribution is -0.137. The normalized spacial score (nSPS) is 20.2. The molecule has 0 aliphatic carbocycles. The van der Waals surface area contributed by atoms with Crippen LogP contribution >= 0.6 is 23.2 Å². The zero-order valence-corrected chi connectivity index (χ0v) is 59.1. The molecule has 30 heteroatoms. The van der Waals surface area contributed by atoms with Crippen LogP contribution in [-0.2, 0) is 51.3 Å². The van der Waals surface area contributed by atoms with Gasteiger partial charge in [-0.1, -0.05) is 99.3 Å². The quantitative estimate of drug-likeness (QED) is 0.0478. The smallest absolute Gasteiger partial charge is 0.408 e. The third-order valence-electron chi connectivity index (χ3n) is 18.1. The average molecular weight is 1480 g/mol. The van der Waals surface area contributed by atoms with Gasteiger partial charge in [0.25, 0.3) is 0 Å². The molecular weight excluding hydrogens is 1400 g/mol. The van der Waals surface area contributed by atoms with E-state index in [-0.39, 0.29) is 95.2 Å². The SMILES string of the molecule is CCCCCCCCCCNCc1c(O)cc2c(c1O)-c1cc(ccc1O)[C@@H]1NC(=O)[C@H]3NC(=O)[C@H]4NC(=O)[C@H](Cc5ccc(c(Cl)c5)Oc5cc3cc(c5O)Oc3ccc(cc3Cl)C(O)[C@H](NC1=O)C(=O)N[C@@H]2C(=O)NC)NC(=O)[C@@H](NC(=O)OC(C)(C)C)c1ccc(O)c(c1)Oc1cc(O)cc4c1. The van der Waals surface area contributed by atoms with E-state index in [0.29, 0.717) is 6.54 Å². The number of ether oxygens (including phenoxy) is 4. The Kier molecular flexibility index (Phi) is 22.7. The van der Waals surface area contributed by atoms with Gasteiger partial charge in [0, 0.05) is 37.2 Å². The van der Waals surface area contributed by atoms with Crippen molar-refractivity contribution >= 4 is 70.6 Å². The van der Waals surface area contributed by atoms with Crippen LogP contribution in [-0.4, -0.2) is 114 Å². The van der Waals surface area contributed by atoms with E-state index in [0.717, 1.165) is 93.8 Å². The van der Waals surface area contributed by atoms with Crippen LogP contribution in [0.5, 0.6) is 69.0 Å². The summed E-state index contributed by atoms with van der Waals surface area (Å²) in [7, 11) is 1.24. The highest BCUT2D eigenvalue weighted by atomic mass is 35.5. The summed E-state index contributed by atoms with van der Waals surface area (Å²) < 4.78 is 24.3. The first-order chi connectivity index (χ1) is 50.1. The van der Waals surface area contributed by atoms with E-state index in [9.17, 15) is 50.1 Å². The summed E-state index contributed by atoms with van der Waals surface area (Å²) in [5, 5.41) is 107. The Hall–Kier alpha value is -11.2. The molecule has 17 bridgehead atoms. The second-order valence-corrected chi connectivity index (χ2v) is 27.7. The van der Waals surface area contributed by atoms with E-state index in [1.54, 1.807) is 20.8 Å². The molecule has 105 heavy (non-hydrogen) atoms. The number of amides is 8. The summed E-state index contributed by atoms with van der Waals surface area (Å²) in [4.78, 5) is 121. The lowest BCUT2D eigenvalue weighted by Crippen LogP contribution is -2.56. The van der Waals surface area contributed by atoms with Crippen molar-refractivity contribution in [1.82, 2.24) is 47.9 Å². The number of unbranched alkanes of at least 4 members (excludes halogenated alkanes) is 7. The molecule has 6 aliphatic rings. The highest BCUT2D eigenvalue weighted by molar-refractivity contribution is 6.32. The number of phenols is 6.